The molecule has 3 heteroatoms. The smallest absolute Gasteiger partial charge is 0.140 e. The molecule has 1 saturated heterocycles. The molecular weight excluding hydrogens is 354 g/mol. The Bertz CT molecular complexity index is 917. The zero-order valence-electron chi connectivity index (χ0n) is 18.3. The molecule has 1 unspecified atom stereocenters. The summed E-state index contributed by atoms with van der Waals surface area (Å²) in [5.41, 5.74) is 4.25. The second-order valence-electron chi connectivity index (χ2n) is 10.0. The fraction of sp³-hybridized carbons (Fsp3) is 0.500. The molecular formula is C26H35N3. The third-order valence-corrected chi connectivity index (χ3v) is 6.24. The average Bonchev–Trinajstić information content (AvgIpc) is 3.10. The van der Waals surface area contributed by atoms with Gasteiger partial charge in [0.05, 0.1) is 0 Å². The van der Waals surface area contributed by atoms with Gasteiger partial charge in [-0.3, -0.25) is 0 Å². The van der Waals surface area contributed by atoms with E-state index >= 15 is 0 Å². The van der Waals surface area contributed by atoms with Crippen LogP contribution in [0.2, 0.25) is 0 Å². The van der Waals surface area contributed by atoms with Crippen LogP contribution in [-0.2, 0) is 6.54 Å². The van der Waals surface area contributed by atoms with E-state index < -0.39 is 0 Å². The van der Waals surface area contributed by atoms with Gasteiger partial charge in [-0.15, -0.1) is 6.58 Å². The molecule has 2 aromatic rings. The Hall–Kier alpha value is -2.13. The maximum Gasteiger partial charge on any atom is 0.140 e. The largest absolute Gasteiger partial charge is 0.328 e. The number of aromatic nitrogens is 2. The Morgan fingerprint density at radius 1 is 1.24 bits per heavy atom. The second kappa shape index (κ2) is 8.31. The molecule has 1 atom stereocenters. The zero-order chi connectivity index (χ0) is 20.4. The highest BCUT2D eigenvalue weighted by Crippen LogP contribution is 2.31. The van der Waals surface area contributed by atoms with Gasteiger partial charge in [-0.05, 0) is 72.9 Å². The van der Waals surface area contributed by atoms with Crippen molar-refractivity contribution in [1.82, 2.24) is 14.5 Å². The predicted molar refractivity (Wildman–Crippen MR) is 123 cm³/mol. The zero-order valence-corrected chi connectivity index (χ0v) is 18.3. The van der Waals surface area contributed by atoms with Crippen molar-refractivity contribution in [2.24, 2.45) is 11.3 Å². The number of piperidine rings is 1. The maximum absolute atomic E-state index is 4.87. The number of fused-ring (bicyclic) bond motifs is 1. The lowest BCUT2D eigenvalue weighted by Crippen LogP contribution is -2.38. The average molecular weight is 390 g/mol. The van der Waals surface area contributed by atoms with E-state index in [4.69, 9.17) is 4.98 Å². The van der Waals surface area contributed by atoms with Gasteiger partial charge in [-0.1, -0.05) is 45.1 Å². The van der Waals surface area contributed by atoms with E-state index in [-0.39, 0.29) is 0 Å². The molecule has 2 aliphatic rings. The summed E-state index contributed by atoms with van der Waals surface area (Å²) in [6.07, 6.45) is 16.7. The van der Waals surface area contributed by atoms with E-state index in [2.05, 4.69) is 79.6 Å². The van der Waals surface area contributed by atoms with Gasteiger partial charge in [-0.2, -0.15) is 0 Å². The Morgan fingerprint density at radius 3 is 2.69 bits per heavy atom. The second-order valence-corrected chi connectivity index (χ2v) is 10.0. The first-order valence-corrected chi connectivity index (χ1v) is 11.1. The van der Waals surface area contributed by atoms with Gasteiger partial charge in [0.15, 0.2) is 0 Å². The number of hydrogen-bond donors (Lipinski definition) is 0. The molecule has 1 aliphatic heterocycles. The van der Waals surface area contributed by atoms with Gasteiger partial charge >= 0.3 is 0 Å². The van der Waals surface area contributed by atoms with Crippen molar-refractivity contribution >= 4 is 11.0 Å². The van der Waals surface area contributed by atoms with Crippen LogP contribution in [0.25, 0.3) is 11.0 Å². The van der Waals surface area contributed by atoms with Crippen LogP contribution in [0, 0.1) is 11.3 Å². The van der Waals surface area contributed by atoms with Crippen LogP contribution in [0.4, 0.5) is 0 Å². The van der Waals surface area contributed by atoms with Crippen LogP contribution in [0.1, 0.15) is 51.5 Å². The topological polar surface area (TPSA) is 21.1 Å². The third-order valence-electron chi connectivity index (χ3n) is 6.24. The molecule has 0 saturated carbocycles. The summed E-state index contributed by atoms with van der Waals surface area (Å²) in [5.74, 6) is 1.13. The first-order valence-electron chi connectivity index (χ1n) is 11.1. The molecule has 29 heavy (non-hydrogen) atoms. The third kappa shape index (κ3) is 4.90. The van der Waals surface area contributed by atoms with Crippen molar-refractivity contribution in [3.8, 4) is 0 Å². The molecule has 3 nitrogen and oxygen atoms in total. The fourth-order valence-electron chi connectivity index (χ4n) is 4.71. The van der Waals surface area contributed by atoms with E-state index in [1.807, 2.05) is 6.08 Å². The van der Waals surface area contributed by atoms with Crippen LogP contribution in [0.3, 0.4) is 0 Å². The van der Waals surface area contributed by atoms with E-state index in [9.17, 15) is 0 Å². The Labute approximate surface area is 175 Å². The van der Waals surface area contributed by atoms with Gasteiger partial charge in [0.25, 0.3) is 0 Å². The summed E-state index contributed by atoms with van der Waals surface area (Å²) in [6.45, 7) is 15.4. The molecule has 154 valence electrons. The Kier molecular flexibility index (Phi) is 5.78. The number of likely N-dealkylation sites (tertiary alicyclic amines) is 1. The highest BCUT2D eigenvalue weighted by molar-refractivity contribution is 5.77. The van der Waals surface area contributed by atoms with E-state index in [0.29, 0.717) is 17.3 Å². The Morgan fingerprint density at radius 2 is 2.03 bits per heavy atom. The van der Waals surface area contributed by atoms with Gasteiger partial charge in [0.1, 0.15) is 5.65 Å². The number of nitrogens with zero attached hydrogens (tertiary/aromatic N) is 3. The van der Waals surface area contributed by atoms with Crippen LogP contribution < -0.4 is 0 Å². The van der Waals surface area contributed by atoms with Gasteiger partial charge < -0.3 is 9.47 Å². The molecule has 1 fully saturated rings. The summed E-state index contributed by atoms with van der Waals surface area (Å²) in [5, 5.41) is 1.27. The highest BCUT2D eigenvalue weighted by Gasteiger charge is 2.24. The van der Waals surface area contributed by atoms with Gasteiger partial charge in [0.2, 0.25) is 0 Å². The molecule has 0 bridgehead atoms. The van der Waals surface area contributed by atoms with E-state index in [1.165, 1.54) is 49.0 Å². The van der Waals surface area contributed by atoms with Crippen molar-refractivity contribution in [3.05, 3.63) is 66.5 Å². The summed E-state index contributed by atoms with van der Waals surface area (Å²) < 4.78 is 2.27. The van der Waals surface area contributed by atoms with Crippen molar-refractivity contribution in [2.75, 3.05) is 19.6 Å². The van der Waals surface area contributed by atoms with Crippen LogP contribution >= 0.6 is 0 Å². The van der Waals surface area contributed by atoms with Crippen LogP contribution in [0.15, 0.2) is 61.0 Å². The first kappa shape index (κ1) is 20.2. The van der Waals surface area contributed by atoms with Crippen LogP contribution in [0.5, 0.6) is 0 Å². The minimum absolute atomic E-state index is 0.381. The first-order chi connectivity index (χ1) is 13.9. The van der Waals surface area contributed by atoms with Crippen molar-refractivity contribution in [1.29, 1.82) is 0 Å². The van der Waals surface area contributed by atoms with Crippen LogP contribution in [-0.4, -0.2) is 34.1 Å². The molecule has 4 rings (SSSR count). The molecule has 3 heterocycles. The number of rotatable bonds is 5. The summed E-state index contributed by atoms with van der Waals surface area (Å²) >= 11 is 0. The molecule has 2 aromatic heterocycles. The maximum atomic E-state index is 4.87. The number of pyridine rings is 1. The normalized spacial score (nSPS) is 21.5. The lowest BCUT2D eigenvalue weighted by molar-refractivity contribution is 0.154. The quantitative estimate of drug-likeness (QED) is 0.589. The minimum Gasteiger partial charge on any atom is -0.328 e. The molecule has 0 N–H and O–H groups in total. The Balaban J connectivity index is 1.42. The summed E-state index contributed by atoms with van der Waals surface area (Å²) in [4.78, 5) is 7.50. The molecule has 0 spiro atoms. The lowest BCUT2D eigenvalue weighted by atomic mass is 9.88. The van der Waals surface area contributed by atoms with Crippen molar-refractivity contribution in [2.45, 2.75) is 52.5 Å². The highest BCUT2D eigenvalue weighted by atomic mass is 15.1. The summed E-state index contributed by atoms with van der Waals surface area (Å²) in [7, 11) is 0. The molecule has 0 amide bonds. The minimum atomic E-state index is 0.381. The van der Waals surface area contributed by atoms with Gasteiger partial charge in [-0.25, -0.2) is 4.98 Å². The molecule has 0 radical (unpaired) electrons. The number of hydrogen-bond acceptors (Lipinski definition) is 2. The SMILES string of the molecule is C=CC1C=CC(Cn2ccc3cc(C4CCN(CC(C)(C)C)CC4)cnc32)=CC1. The van der Waals surface area contributed by atoms with Crippen molar-refractivity contribution in [3.63, 3.8) is 0 Å². The predicted octanol–water partition coefficient (Wildman–Crippen LogP) is 5.95. The standard InChI is InChI=1S/C26H35N3/c1-5-20-6-8-21(9-7-20)18-29-15-12-23-16-24(17-27-25(23)29)22-10-13-28(14-11-22)19-26(2,3)4/h5-6,8-9,12,15-17,20,22H,1,7,10-11,13-14,18-19H2,2-4H3. The van der Waals surface area contributed by atoms with Gasteiger partial charge in [0, 0.05) is 30.9 Å². The monoisotopic (exact) mass is 389 g/mol. The van der Waals surface area contributed by atoms with E-state index in [1.54, 1.807) is 0 Å². The molecule has 1 aliphatic carbocycles. The van der Waals surface area contributed by atoms with Crippen molar-refractivity contribution < 1.29 is 0 Å². The molecule has 0 aromatic carbocycles. The lowest BCUT2D eigenvalue weighted by Gasteiger charge is -2.36. The number of allylic oxidation sites excluding steroid dienone is 5. The van der Waals surface area contributed by atoms with E-state index in [0.717, 1.165) is 18.6 Å². The fourth-order valence-corrected chi connectivity index (χ4v) is 4.71. The summed E-state index contributed by atoms with van der Waals surface area (Å²) in [6, 6.07) is 4.60.